The summed E-state index contributed by atoms with van der Waals surface area (Å²) in [6.07, 6.45) is 7.35. The highest BCUT2D eigenvalue weighted by Crippen LogP contribution is 2.27. The van der Waals surface area contributed by atoms with Crippen molar-refractivity contribution in [1.82, 2.24) is 10.3 Å². The molecule has 1 aromatic heterocycles. The molecule has 0 unspecified atom stereocenters. The molecule has 1 saturated carbocycles. The lowest BCUT2D eigenvalue weighted by molar-refractivity contribution is 0.310. The van der Waals surface area contributed by atoms with Gasteiger partial charge in [-0.05, 0) is 49.1 Å². The van der Waals surface area contributed by atoms with Crippen molar-refractivity contribution in [3.63, 3.8) is 0 Å². The summed E-state index contributed by atoms with van der Waals surface area (Å²) in [7, 11) is 0. The van der Waals surface area contributed by atoms with Gasteiger partial charge in [0, 0.05) is 31.9 Å². The lowest BCUT2D eigenvalue weighted by Crippen LogP contribution is -2.35. The molecule has 0 amide bonds. The minimum absolute atomic E-state index is 0.768. The summed E-state index contributed by atoms with van der Waals surface area (Å²) in [6, 6.07) is 5.19. The Morgan fingerprint density at radius 3 is 2.50 bits per heavy atom. The maximum atomic E-state index is 4.66. The van der Waals surface area contributed by atoms with Crippen molar-refractivity contribution in [2.24, 2.45) is 11.8 Å². The van der Waals surface area contributed by atoms with Crippen LogP contribution in [0, 0.1) is 11.8 Å². The van der Waals surface area contributed by atoms with Crippen LogP contribution in [0.15, 0.2) is 18.3 Å². The topological polar surface area (TPSA) is 28.2 Å². The molecule has 1 saturated heterocycles. The monoisotopic (exact) mass is 273 g/mol. The van der Waals surface area contributed by atoms with Gasteiger partial charge in [0.05, 0.1) is 0 Å². The Kier molecular flexibility index (Phi) is 4.25. The molecule has 0 spiro atoms. The first-order valence-corrected chi connectivity index (χ1v) is 8.15. The van der Waals surface area contributed by atoms with E-state index < -0.39 is 0 Å². The molecule has 3 nitrogen and oxygen atoms in total. The van der Waals surface area contributed by atoms with Crippen molar-refractivity contribution < 1.29 is 0 Å². The average Bonchev–Trinajstić information content (AvgIpc) is 3.30. The van der Waals surface area contributed by atoms with E-state index in [0.717, 1.165) is 43.3 Å². The second-order valence-corrected chi connectivity index (χ2v) is 6.75. The highest BCUT2D eigenvalue weighted by atomic mass is 15.2. The first kappa shape index (κ1) is 13.9. The van der Waals surface area contributed by atoms with Gasteiger partial charge in [0.2, 0.25) is 0 Å². The molecule has 0 radical (unpaired) electrons. The fourth-order valence-corrected chi connectivity index (χ4v) is 3.05. The zero-order valence-electron chi connectivity index (χ0n) is 12.8. The van der Waals surface area contributed by atoms with E-state index in [2.05, 4.69) is 41.2 Å². The summed E-state index contributed by atoms with van der Waals surface area (Å²) >= 11 is 0. The van der Waals surface area contributed by atoms with E-state index >= 15 is 0 Å². The summed E-state index contributed by atoms with van der Waals surface area (Å²) < 4.78 is 0. The van der Waals surface area contributed by atoms with Crippen LogP contribution in [0.3, 0.4) is 0 Å². The minimum atomic E-state index is 0.768. The molecule has 0 atom stereocenters. The first-order chi connectivity index (χ1) is 9.72. The maximum absolute atomic E-state index is 4.66. The van der Waals surface area contributed by atoms with Crippen molar-refractivity contribution in [3.8, 4) is 0 Å². The van der Waals surface area contributed by atoms with Gasteiger partial charge in [0.15, 0.2) is 0 Å². The normalized spacial score (nSPS) is 20.6. The number of hydrogen-bond donors (Lipinski definition) is 1. The van der Waals surface area contributed by atoms with Crippen LogP contribution in [0.2, 0.25) is 0 Å². The third-order valence-electron chi connectivity index (χ3n) is 4.79. The number of nitrogens with zero attached hydrogens (tertiary/aromatic N) is 2. The van der Waals surface area contributed by atoms with Crippen LogP contribution in [0.25, 0.3) is 0 Å². The van der Waals surface area contributed by atoms with Crippen molar-refractivity contribution in [2.75, 3.05) is 18.0 Å². The van der Waals surface area contributed by atoms with Gasteiger partial charge in [0.1, 0.15) is 5.82 Å². The van der Waals surface area contributed by atoms with Gasteiger partial charge < -0.3 is 10.2 Å². The van der Waals surface area contributed by atoms with E-state index in [4.69, 9.17) is 0 Å². The lowest BCUT2D eigenvalue weighted by Gasteiger charge is -2.34. The van der Waals surface area contributed by atoms with Gasteiger partial charge in [-0.3, -0.25) is 0 Å². The Morgan fingerprint density at radius 2 is 1.95 bits per heavy atom. The van der Waals surface area contributed by atoms with Crippen LogP contribution in [-0.4, -0.2) is 24.1 Å². The minimum Gasteiger partial charge on any atom is -0.357 e. The largest absolute Gasteiger partial charge is 0.357 e. The zero-order valence-corrected chi connectivity index (χ0v) is 12.8. The Hall–Kier alpha value is -1.09. The van der Waals surface area contributed by atoms with E-state index in [-0.39, 0.29) is 0 Å². The van der Waals surface area contributed by atoms with Gasteiger partial charge in [-0.15, -0.1) is 0 Å². The molecule has 20 heavy (non-hydrogen) atoms. The second-order valence-electron chi connectivity index (χ2n) is 6.75. The molecule has 0 aromatic carbocycles. The number of nitrogens with one attached hydrogen (secondary N) is 1. The van der Waals surface area contributed by atoms with E-state index in [1.165, 1.54) is 31.2 Å². The van der Waals surface area contributed by atoms with E-state index in [0.29, 0.717) is 0 Å². The fraction of sp³-hybridized carbons (Fsp3) is 0.706. The summed E-state index contributed by atoms with van der Waals surface area (Å²) in [6.45, 7) is 7.99. The standard InChI is InChI=1S/C17H27N3/c1-13(2)15-7-9-20(10-8-15)17-6-3-14(12-19-17)11-18-16-4-5-16/h3,6,12-13,15-16,18H,4-5,7-11H2,1-2H3. The Balaban J connectivity index is 1.52. The van der Waals surface area contributed by atoms with Crippen LogP contribution in [0.5, 0.6) is 0 Å². The third kappa shape index (κ3) is 3.51. The second kappa shape index (κ2) is 6.13. The van der Waals surface area contributed by atoms with E-state index in [9.17, 15) is 0 Å². The molecule has 1 aliphatic carbocycles. The SMILES string of the molecule is CC(C)C1CCN(c2ccc(CNC3CC3)cn2)CC1. The summed E-state index contributed by atoms with van der Waals surface area (Å²) in [5, 5.41) is 3.54. The maximum Gasteiger partial charge on any atom is 0.128 e. The van der Waals surface area contributed by atoms with Gasteiger partial charge in [0.25, 0.3) is 0 Å². The molecule has 3 rings (SSSR count). The van der Waals surface area contributed by atoms with Crippen LogP contribution in [0.1, 0.15) is 45.1 Å². The van der Waals surface area contributed by atoms with Gasteiger partial charge >= 0.3 is 0 Å². The Labute approximate surface area is 122 Å². The van der Waals surface area contributed by atoms with Crippen LogP contribution < -0.4 is 10.2 Å². The molecule has 1 aliphatic heterocycles. The number of pyridine rings is 1. The fourth-order valence-electron chi connectivity index (χ4n) is 3.05. The highest BCUT2D eigenvalue weighted by Gasteiger charge is 2.22. The zero-order chi connectivity index (χ0) is 13.9. The molecule has 0 bridgehead atoms. The highest BCUT2D eigenvalue weighted by molar-refractivity contribution is 5.39. The number of rotatable bonds is 5. The van der Waals surface area contributed by atoms with Crippen LogP contribution >= 0.6 is 0 Å². The predicted molar refractivity (Wildman–Crippen MR) is 83.9 cm³/mol. The molecule has 110 valence electrons. The Bertz CT molecular complexity index is 414. The average molecular weight is 273 g/mol. The van der Waals surface area contributed by atoms with Crippen molar-refractivity contribution in [2.45, 2.75) is 52.1 Å². The Morgan fingerprint density at radius 1 is 1.20 bits per heavy atom. The number of piperidine rings is 1. The molecule has 3 heteroatoms. The van der Waals surface area contributed by atoms with Crippen LogP contribution in [0.4, 0.5) is 5.82 Å². The smallest absolute Gasteiger partial charge is 0.128 e. The molecular formula is C17H27N3. The summed E-state index contributed by atoms with van der Waals surface area (Å²) in [4.78, 5) is 7.10. The number of aromatic nitrogens is 1. The molecule has 2 heterocycles. The van der Waals surface area contributed by atoms with Gasteiger partial charge in [-0.2, -0.15) is 0 Å². The summed E-state index contributed by atoms with van der Waals surface area (Å²) in [5.74, 6) is 2.87. The molecular weight excluding hydrogens is 246 g/mol. The van der Waals surface area contributed by atoms with Crippen LogP contribution in [-0.2, 0) is 6.54 Å². The lowest BCUT2D eigenvalue weighted by atomic mass is 9.87. The molecule has 2 fully saturated rings. The van der Waals surface area contributed by atoms with Crippen molar-refractivity contribution in [1.29, 1.82) is 0 Å². The van der Waals surface area contributed by atoms with E-state index in [1.807, 2.05) is 6.20 Å². The molecule has 2 aliphatic rings. The molecule has 1 aromatic rings. The molecule has 1 N–H and O–H groups in total. The summed E-state index contributed by atoms with van der Waals surface area (Å²) in [5.41, 5.74) is 1.30. The van der Waals surface area contributed by atoms with E-state index in [1.54, 1.807) is 0 Å². The number of anilines is 1. The predicted octanol–water partition coefficient (Wildman–Crippen LogP) is 3.21. The number of hydrogen-bond acceptors (Lipinski definition) is 3. The van der Waals surface area contributed by atoms with Gasteiger partial charge in [-0.1, -0.05) is 19.9 Å². The van der Waals surface area contributed by atoms with Crippen molar-refractivity contribution in [3.05, 3.63) is 23.9 Å². The third-order valence-corrected chi connectivity index (χ3v) is 4.79. The van der Waals surface area contributed by atoms with Gasteiger partial charge in [-0.25, -0.2) is 4.98 Å². The first-order valence-electron chi connectivity index (χ1n) is 8.15. The van der Waals surface area contributed by atoms with Crippen molar-refractivity contribution >= 4 is 5.82 Å². The quantitative estimate of drug-likeness (QED) is 0.893.